The van der Waals surface area contributed by atoms with Crippen LogP contribution < -0.4 is 11.2 Å². The van der Waals surface area contributed by atoms with E-state index in [9.17, 15) is 4.79 Å². The molecule has 0 radical (unpaired) electrons. The number of ether oxygens (including phenoxy) is 1. The molecule has 4 rings (SSSR count). The molecule has 0 aliphatic carbocycles. The average Bonchev–Trinajstić information content (AvgIpc) is 3.42. The Balaban J connectivity index is 1.71. The topological polar surface area (TPSA) is 85.4 Å². The number of carbonyl (C=O) groups excluding carboxylic acids is 1. The van der Waals surface area contributed by atoms with Crippen molar-refractivity contribution in [2.45, 2.75) is 25.4 Å². The first-order valence-electron chi connectivity index (χ1n) is 10.3. The second-order valence-corrected chi connectivity index (χ2v) is 7.98. The van der Waals surface area contributed by atoms with Gasteiger partial charge in [-0.3, -0.25) is 14.8 Å². The second kappa shape index (κ2) is 9.62. The van der Waals surface area contributed by atoms with Crippen LogP contribution in [-0.4, -0.2) is 46.8 Å². The number of carbonyl (C=O) groups is 1. The first-order chi connectivity index (χ1) is 15.1. The summed E-state index contributed by atoms with van der Waals surface area (Å²) in [7, 11) is 1.67. The van der Waals surface area contributed by atoms with Crippen molar-refractivity contribution in [1.82, 2.24) is 20.0 Å². The van der Waals surface area contributed by atoms with Crippen LogP contribution in [0.2, 0.25) is 5.02 Å². The Morgan fingerprint density at radius 3 is 2.77 bits per heavy atom. The fraction of sp³-hybridized carbons (Fsp3) is 0.304. The average molecular weight is 440 g/mol. The highest BCUT2D eigenvalue weighted by molar-refractivity contribution is 6.30. The molecule has 0 unspecified atom stereocenters. The van der Waals surface area contributed by atoms with Gasteiger partial charge in [-0.2, -0.15) is 0 Å². The van der Waals surface area contributed by atoms with Gasteiger partial charge in [-0.05, 0) is 42.7 Å². The summed E-state index contributed by atoms with van der Waals surface area (Å²) in [5.41, 5.74) is 12.0. The van der Waals surface area contributed by atoms with E-state index < -0.39 is 0 Å². The zero-order valence-electron chi connectivity index (χ0n) is 17.4. The van der Waals surface area contributed by atoms with E-state index in [4.69, 9.17) is 27.1 Å². The number of benzene rings is 2. The summed E-state index contributed by atoms with van der Waals surface area (Å²) in [4.78, 5) is 17.8. The molecule has 7 nitrogen and oxygen atoms in total. The predicted octanol–water partition coefficient (Wildman–Crippen LogP) is 3.41. The van der Waals surface area contributed by atoms with E-state index in [0.29, 0.717) is 29.7 Å². The van der Waals surface area contributed by atoms with Gasteiger partial charge in [0.05, 0.1) is 12.6 Å². The number of nitrogens with one attached hydrogen (secondary N) is 1. The quantitative estimate of drug-likeness (QED) is 0.589. The number of hydrogen-bond donors (Lipinski definition) is 2. The highest BCUT2D eigenvalue weighted by atomic mass is 35.5. The first-order valence-corrected chi connectivity index (χ1v) is 10.7. The van der Waals surface area contributed by atoms with Crippen molar-refractivity contribution in [3.63, 3.8) is 0 Å². The van der Waals surface area contributed by atoms with Gasteiger partial charge in [0.15, 0.2) is 0 Å². The van der Waals surface area contributed by atoms with Gasteiger partial charge >= 0.3 is 0 Å². The molecule has 1 fully saturated rings. The monoisotopic (exact) mass is 439 g/mol. The van der Waals surface area contributed by atoms with E-state index >= 15 is 0 Å². The number of nitrogens with zero attached hydrogens (tertiary/aromatic N) is 3. The molecule has 1 aliphatic rings. The number of nitrogens with two attached hydrogens (primary N) is 1. The van der Waals surface area contributed by atoms with Crippen LogP contribution in [0.1, 0.15) is 28.9 Å². The van der Waals surface area contributed by atoms with Gasteiger partial charge < -0.3 is 10.5 Å². The van der Waals surface area contributed by atoms with Gasteiger partial charge in [-0.25, -0.2) is 9.99 Å². The maximum atomic E-state index is 13.1. The number of hydrogen-bond acceptors (Lipinski definition) is 5. The number of aromatic nitrogens is 2. The zero-order valence-corrected chi connectivity index (χ0v) is 18.2. The lowest BCUT2D eigenvalue weighted by Crippen LogP contribution is -2.46. The van der Waals surface area contributed by atoms with E-state index in [2.05, 4.69) is 5.43 Å². The molecule has 8 heteroatoms. The van der Waals surface area contributed by atoms with Crippen LogP contribution in [0.3, 0.4) is 0 Å². The van der Waals surface area contributed by atoms with Crippen LogP contribution in [-0.2, 0) is 11.3 Å². The normalized spacial score (nSPS) is 16.5. The molecular weight excluding hydrogens is 414 g/mol. The number of rotatable bonds is 7. The summed E-state index contributed by atoms with van der Waals surface area (Å²) < 4.78 is 7.18. The minimum absolute atomic E-state index is 0.171. The van der Waals surface area contributed by atoms with E-state index in [0.717, 1.165) is 36.2 Å². The van der Waals surface area contributed by atoms with Gasteiger partial charge in [0, 0.05) is 42.7 Å². The maximum Gasteiger partial charge on any atom is 0.285 e. The number of amides is 1. The lowest BCUT2D eigenvalue weighted by atomic mass is 10.1. The van der Waals surface area contributed by atoms with Gasteiger partial charge in [-0.1, -0.05) is 35.9 Å². The van der Waals surface area contributed by atoms with Gasteiger partial charge in [0.1, 0.15) is 11.5 Å². The van der Waals surface area contributed by atoms with Crippen LogP contribution in [0, 0.1) is 0 Å². The van der Waals surface area contributed by atoms with Gasteiger partial charge in [0.2, 0.25) is 0 Å². The second-order valence-electron chi connectivity index (χ2n) is 7.54. The van der Waals surface area contributed by atoms with Crippen LogP contribution in [0.4, 0.5) is 0 Å². The van der Waals surface area contributed by atoms with E-state index in [1.807, 2.05) is 58.1 Å². The Morgan fingerprint density at radius 1 is 1.26 bits per heavy atom. The van der Waals surface area contributed by atoms with Crippen molar-refractivity contribution < 1.29 is 9.53 Å². The third-order valence-corrected chi connectivity index (χ3v) is 5.75. The molecule has 2 aromatic carbocycles. The van der Waals surface area contributed by atoms with Crippen LogP contribution >= 0.6 is 11.6 Å². The van der Waals surface area contributed by atoms with Crippen LogP contribution in [0.5, 0.6) is 0 Å². The third-order valence-electron chi connectivity index (χ3n) is 5.50. The van der Waals surface area contributed by atoms with Crippen LogP contribution in [0.15, 0.2) is 54.7 Å². The Morgan fingerprint density at radius 2 is 2.03 bits per heavy atom. The molecule has 0 spiro atoms. The van der Waals surface area contributed by atoms with E-state index in [1.54, 1.807) is 13.3 Å². The molecule has 1 amide bonds. The highest BCUT2D eigenvalue weighted by Gasteiger charge is 2.27. The maximum absolute atomic E-state index is 13.1. The third kappa shape index (κ3) is 4.65. The van der Waals surface area contributed by atoms with Crippen molar-refractivity contribution in [2.75, 3.05) is 20.3 Å². The molecule has 0 saturated carbocycles. The zero-order chi connectivity index (χ0) is 21.8. The summed E-state index contributed by atoms with van der Waals surface area (Å²) >= 11 is 6.07. The molecule has 31 heavy (non-hydrogen) atoms. The summed E-state index contributed by atoms with van der Waals surface area (Å²) in [6, 6.07) is 15.4. The summed E-state index contributed by atoms with van der Waals surface area (Å²) in [5, 5.41) is 2.59. The molecule has 3 N–H and O–H groups in total. The molecule has 0 bridgehead atoms. The molecule has 1 saturated heterocycles. The molecule has 162 valence electrons. The highest BCUT2D eigenvalue weighted by Crippen LogP contribution is 2.27. The fourth-order valence-electron chi connectivity index (χ4n) is 3.93. The number of methoxy groups -OCH3 is 1. The lowest BCUT2D eigenvalue weighted by molar-refractivity contribution is 0.0607. The van der Waals surface area contributed by atoms with E-state index in [-0.39, 0.29) is 11.9 Å². The number of imidazole rings is 1. The predicted molar refractivity (Wildman–Crippen MR) is 121 cm³/mol. The Labute approximate surface area is 186 Å². The van der Waals surface area contributed by atoms with Crippen molar-refractivity contribution in [3.8, 4) is 17.1 Å². The molecule has 1 atom stereocenters. The summed E-state index contributed by atoms with van der Waals surface area (Å²) in [6.45, 7) is 1.74. The minimum Gasteiger partial charge on any atom is -0.383 e. The van der Waals surface area contributed by atoms with Gasteiger partial charge in [0.25, 0.3) is 5.91 Å². The molecule has 2 heterocycles. The Kier molecular flexibility index (Phi) is 6.67. The number of halogens is 1. The fourth-order valence-corrected chi connectivity index (χ4v) is 4.06. The summed E-state index contributed by atoms with van der Waals surface area (Å²) in [5.74, 6) is 0.408. The Hall–Kier alpha value is -2.71. The first kappa shape index (κ1) is 21.5. The molecule has 1 aliphatic heterocycles. The molecule has 1 aromatic heterocycles. The minimum atomic E-state index is -0.248. The van der Waals surface area contributed by atoms with E-state index in [1.165, 1.54) is 0 Å². The Bertz CT molecular complexity index is 1050. The van der Waals surface area contributed by atoms with Crippen molar-refractivity contribution in [1.29, 1.82) is 0 Å². The van der Waals surface area contributed by atoms with Crippen LogP contribution in [0.25, 0.3) is 17.1 Å². The van der Waals surface area contributed by atoms with Crippen molar-refractivity contribution in [3.05, 3.63) is 71.0 Å². The van der Waals surface area contributed by atoms with Crippen molar-refractivity contribution >= 4 is 17.5 Å². The molecule has 3 aromatic rings. The molecular formula is C23H26ClN5O2. The smallest absolute Gasteiger partial charge is 0.285 e. The van der Waals surface area contributed by atoms with Crippen molar-refractivity contribution in [2.24, 2.45) is 5.73 Å². The standard InChI is InChI=1S/C23H26ClN5O2/c1-31-15-19-6-4-12-29(19)27-23(30)21-14-28(18-10-8-17(24)9-11-18)22(26-21)20-7-3-2-5-16(20)13-25/h2-3,5,7-11,14,19H,4,6,12-13,15,25H2,1H3,(H,27,30)/t19-/m0/s1. The largest absolute Gasteiger partial charge is 0.383 e. The van der Waals surface area contributed by atoms with Gasteiger partial charge in [-0.15, -0.1) is 0 Å². The summed E-state index contributed by atoms with van der Waals surface area (Å²) in [6.07, 6.45) is 3.76. The SMILES string of the molecule is COC[C@@H]1CCCN1NC(=O)c1cn(-c2ccc(Cl)cc2)c(-c2ccccc2CN)n1. The lowest BCUT2D eigenvalue weighted by Gasteiger charge is -2.23. The number of hydrazine groups is 1.